The molecule has 4 rings (SSSR count). The first-order valence-corrected chi connectivity index (χ1v) is 8.09. The van der Waals surface area contributed by atoms with E-state index in [0.717, 1.165) is 38.3 Å². The summed E-state index contributed by atoms with van der Waals surface area (Å²) in [6, 6.07) is 2.35. The van der Waals surface area contributed by atoms with E-state index in [2.05, 4.69) is 10.00 Å². The molecule has 4 unspecified atom stereocenters. The van der Waals surface area contributed by atoms with Gasteiger partial charge in [-0.15, -0.1) is 0 Å². The molecule has 20 heavy (non-hydrogen) atoms. The van der Waals surface area contributed by atoms with Crippen molar-refractivity contribution in [3.05, 3.63) is 18.5 Å². The Morgan fingerprint density at radius 1 is 1.20 bits per heavy atom. The lowest BCUT2D eigenvalue weighted by Crippen LogP contribution is -2.44. The van der Waals surface area contributed by atoms with Gasteiger partial charge in [0.1, 0.15) is 0 Å². The summed E-state index contributed by atoms with van der Waals surface area (Å²) in [6.45, 7) is 1.80. The number of rotatable bonds is 2. The zero-order valence-corrected chi connectivity index (χ0v) is 11.9. The van der Waals surface area contributed by atoms with Crippen LogP contribution in [-0.2, 0) is 4.79 Å². The van der Waals surface area contributed by atoms with E-state index < -0.39 is 0 Å². The van der Waals surface area contributed by atoms with Crippen LogP contribution in [0, 0.1) is 17.8 Å². The largest absolute Gasteiger partial charge is 0.340 e. The van der Waals surface area contributed by atoms with E-state index >= 15 is 0 Å². The molecule has 4 nitrogen and oxygen atoms in total. The van der Waals surface area contributed by atoms with Gasteiger partial charge in [-0.2, -0.15) is 5.10 Å². The summed E-state index contributed by atoms with van der Waals surface area (Å²) in [5.41, 5.74) is 0. The maximum atomic E-state index is 12.8. The Kier molecular flexibility index (Phi) is 3.04. The van der Waals surface area contributed by atoms with Crippen LogP contribution in [0.15, 0.2) is 18.5 Å². The average Bonchev–Trinajstić information content (AvgIpc) is 3.23. The molecule has 0 aromatic carbocycles. The molecule has 3 fully saturated rings. The van der Waals surface area contributed by atoms with Gasteiger partial charge in [0.2, 0.25) is 5.91 Å². The van der Waals surface area contributed by atoms with E-state index in [-0.39, 0.29) is 0 Å². The third-order valence-electron chi connectivity index (χ3n) is 5.66. The van der Waals surface area contributed by atoms with Crippen LogP contribution in [0.2, 0.25) is 0 Å². The lowest BCUT2D eigenvalue weighted by molar-refractivity contribution is -0.139. The Bertz CT molecular complexity index is 484. The van der Waals surface area contributed by atoms with E-state index in [1.54, 1.807) is 0 Å². The van der Waals surface area contributed by atoms with E-state index in [9.17, 15) is 4.79 Å². The highest BCUT2D eigenvalue weighted by Gasteiger charge is 2.44. The van der Waals surface area contributed by atoms with E-state index in [4.69, 9.17) is 0 Å². The first-order chi connectivity index (χ1) is 9.81. The van der Waals surface area contributed by atoms with Gasteiger partial charge >= 0.3 is 0 Å². The molecule has 1 aliphatic heterocycles. The fourth-order valence-corrected chi connectivity index (χ4v) is 4.65. The molecule has 1 amide bonds. The topological polar surface area (TPSA) is 38.1 Å². The highest BCUT2D eigenvalue weighted by molar-refractivity contribution is 5.79. The van der Waals surface area contributed by atoms with Crippen LogP contribution in [0.5, 0.6) is 0 Å². The predicted octanol–water partition coefficient (Wildman–Crippen LogP) is 2.48. The molecule has 0 spiro atoms. The van der Waals surface area contributed by atoms with Crippen molar-refractivity contribution in [2.24, 2.45) is 17.8 Å². The molecule has 3 aliphatic rings. The van der Waals surface area contributed by atoms with Gasteiger partial charge in [-0.25, -0.2) is 0 Å². The summed E-state index contributed by atoms with van der Waals surface area (Å²) in [7, 11) is 0. The van der Waals surface area contributed by atoms with Crippen molar-refractivity contribution in [2.75, 3.05) is 13.1 Å². The Balaban J connectivity index is 1.44. The maximum Gasteiger partial charge on any atom is 0.226 e. The fraction of sp³-hybridized carbons (Fsp3) is 0.750. The minimum absolute atomic E-state index is 0.338. The normalized spacial score (nSPS) is 36.5. The quantitative estimate of drug-likeness (QED) is 0.830. The highest BCUT2D eigenvalue weighted by Crippen LogP contribution is 2.49. The van der Waals surface area contributed by atoms with Gasteiger partial charge in [0.15, 0.2) is 0 Å². The number of piperidine rings is 1. The Morgan fingerprint density at radius 3 is 2.85 bits per heavy atom. The Morgan fingerprint density at radius 2 is 2.15 bits per heavy atom. The predicted molar refractivity (Wildman–Crippen MR) is 76.0 cm³/mol. The molecule has 2 aliphatic carbocycles. The number of fused-ring (bicyclic) bond motifs is 2. The van der Waals surface area contributed by atoms with E-state index in [1.165, 1.54) is 19.3 Å². The number of aromatic nitrogens is 2. The van der Waals surface area contributed by atoms with Crippen molar-refractivity contribution < 1.29 is 4.79 Å². The zero-order chi connectivity index (χ0) is 13.5. The molecule has 0 radical (unpaired) electrons. The minimum atomic E-state index is 0.338. The molecule has 4 atom stereocenters. The van der Waals surface area contributed by atoms with Crippen LogP contribution in [0.4, 0.5) is 0 Å². The van der Waals surface area contributed by atoms with Crippen molar-refractivity contribution in [3.8, 4) is 0 Å². The van der Waals surface area contributed by atoms with Crippen molar-refractivity contribution >= 4 is 5.91 Å². The zero-order valence-electron chi connectivity index (χ0n) is 11.9. The summed E-state index contributed by atoms with van der Waals surface area (Å²) in [4.78, 5) is 14.9. The fourth-order valence-electron chi connectivity index (χ4n) is 4.65. The SMILES string of the molecule is O=C(C1CC2CCC1C2)N1CCCC(n2cccn2)C1. The van der Waals surface area contributed by atoms with Crippen LogP contribution in [0.1, 0.15) is 44.6 Å². The van der Waals surface area contributed by atoms with Crippen molar-refractivity contribution in [2.45, 2.75) is 44.6 Å². The molecular formula is C16H23N3O. The van der Waals surface area contributed by atoms with E-state index in [1.807, 2.05) is 23.1 Å². The lowest BCUT2D eigenvalue weighted by Gasteiger charge is -2.36. The van der Waals surface area contributed by atoms with Crippen LogP contribution >= 0.6 is 0 Å². The Labute approximate surface area is 120 Å². The average molecular weight is 273 g/mol. The second kappa shape index (κ2) is 4.90. The van der Waals surface area contributed by atoms with Gasteiger partial charge in [-0.05, 0) is 50.0 Å². The number of nitrogens with zero attached hydrogens (tertiary/aromatic N) is 3. The maximum absolute atomic E-state index is 12.8. The van der Waals surface area contributed by atoms with Crippen molar-refractivity contribution in [1.82, 2.24) is 14.7 Å². The van der Waals surface area contributed by atoms with Gasteiger partial charge in [0.25, 0.3) is 0 Å². The number of hydrogen-bond donors (Lipinski definition) is 0. The number of amides is 1. The van der Waals surface area contributed by atoms with Crippen LogP contribution in [0.3, 0.4) is 0 Å². The van der Waals surface area contributed by atoms with E-state index in [0.29, 0.717) is 23.8 Å². The summed E-state index contributed by atoms with van der Waals surface area (Å²) >= 11 is 0. The van der Waals surface area contributed by atoms with Crippen LogP contribution in [-0.4, -0.2) is 33.7 Å². The summed E-state index contributed by atoms with van der Waals surface area (Å²) in [6.07, 6.45) is 11.2. The van der Waals surface area contributed by atoms with Crippen molar-refractivity contribution in [3.63, 3.8) is 0 Å². The van der Waals surface area contributed by atoms with Gasteiger partial charge in [-0.1, -0.05) is 6.42 Å². The summed E-state index contributed by atoms with van der Waals surface area (Å²) in [5, 5.41) is 4.35. The molecule has 2 bridgehead atoms. The number of carbonyl (C=O) groups excluding carboxylic acids is 1. The molecular weight excluding hydrogens is 250 g/mol. The monoisotopic (exact) mass is 273 g/mol. The second-order valence-electron chi connectivity index (χ2n) is 6.85. The van der Waals surface area contributed by atoms with Crippen molar-refractivity contribution in [1.29, 1.82) is 0 Å². The molecule has 0 N–H and O–H groups in total. The lowest BCUT2D eigenvalue weighted by atomic mass is 9.87. The minimum Gasteiger partial charge on any atom is -0.340 e. The number of carbonyl (C=O) groups is 1. The summed E-state index contributed by atoms with van der Waals surface area (Å²) < 4.78 is 2.03. The second-order valence-corrected chi connectivity index (χ2v) is 6.85. The molecule has 2 heterocycles. The van der Waals surface area contributed by atoms with Gasteiger partial charge in [0.05, 0.1) is 6.04 Å². The van der Waals surface area contributed by atoms with Gasteiger partial charge < -0.3 is 4.90 Å². The van der Waals surface area contributed by atoms with Crippen LogP contribution < -0.4 is 0 Å². The van der Waals surface area contributed by atoms with Crippen LogP contribution in [0.25, 0.3) is 0 Å². The van der Waals surface area contributed by atoms with Gasteiger partial charge in [-0.3, -0.25) is 9.48 Å². The Hall–Kier alpha value is -1.32. The molecule has 1 aromatic heterocycles. The number of likely N-dealkylation sites (tertiary alicyclic amines) is 1. The molecule has 2 saturated carbocycles. The molecule has 1 aromatic rings. The smallest absolute Gasteiger partial charge is 0.226 e. The molecule has 4 heteroatoms. The first-order valence-electron chi connectivity index (χ1n) is 8.09. The summed E-state index contributed by atoms with van der Waals surface area (Å²) in [5.74, 6) is 2.32. The standard InChI is InChI=1S/C16H23N3O/c20-16(15-10-12-4-5-13(15)9-12)18-7-1-3-14(11-18)19-8-2-6-17-19/h2,6,8,12-15H,1,3-5,7,9-11H2. The third kappa shape index (κ3) is 2.05. The highest BCUT2D eigenvalue weighted by atomic mass is 16.2. The molecule has 1 saturated heterocycles. The third-order valence-corrected chi connectivity index (χ3v) is 5.66. The number of hydrogen-bond acceptors (Lipinski definition) is 2. The first kappa shape index (κ1) is 12.4. The van der Waals surface area contributed by atoms with Gasteiger partial charge in [0, 0.05) is 31.4 Å². The molecule has 108 valence electrons.